The van der Waals surface area contributed by atoms with Gasteiger partial charge in [-0.2, -0.15) is 0 Å². The summed E-state index contributed by atoms with van der Waals surface area (Å²) in [6, 6.07) is 14.1. The molecule has 19 heavy (non-hydrogen) atoms. The maximum absolute atomic E-state index is 11.8. The first kappa shape index (κ1) is 13.6. The van der Waals surface area contributed by atoms with Crippen LogP contribution >= 0.6 is 15.9 Å². The number of amides is 1. The molecule has 0 aromatic heterocycles. The van der Waals surface area contributed by atoms with Crippen molar-refractivity contribution in [3.63, 3.8) is 0 Å². The monoisotopic (exact) mass is 321 g/mol. The molecular weight excluding hydrogens is 310 g/mol. The fourth-order valence-corrected chi connectivity index (χ4v) is 1.86. The van der Waals surface area contributed by atoms with Gasteiger partial charge in [0.25, 0.3) is 5.91 Å². The molecule has 0 aliphatic heterocycles. The molecule has 4 nitrogen and oxygen atoms in total. The van der Waals surface area contributed by atoms with Gasteiger partial charge in [-0.05, 0) is 23.8 Å². The van der Waals surface area contributed by atoms with Crippen LogP contribution in [0.15, 0.2) is 53.0 Å². The highest BCUT2D eigenvalue weighted by Gasteiger charge is 2.11. The molecule has 2 N–H and O–H groups in total. The fraction of sp³-hybridized carbons (Fsp3) is 0.0714. The Hall–Kier alpha value is -1.85. The van der Waals surface area contributed by atoms with E-state index in [1.165, 1.54) is 12.1 Å². The fourth-order valence-electron chi connectivity index (χ4n) is 1.51. The number of benzene rings is 2. The van der Waals surface area contributed by atoms with Crippen LogP contribution in [-0.4, -0.2) is 11.0 Å². The van der Waals surface area contributed by atoms with Crippen LogP contribution in [0.25, 0.3) is 0 Å². The molecule has 0 fully saturated rings. The summed E-state index contributed by atoms with van der Waals surface area (Å²) in [4.78, 5) is 16.9. The van der Waals surface area contributed by atoms with Gasteiger partial charge in [-0.25, -0.2) is 5.48 Å². The lowest BCUT2D eigenvalue weighted by Gasteiger charge is -2.07. The van der Waals surface area contributed by atoms with Crippen LogP contribution in [0.5, 0.6) is 5.75 Å². The van der Waals surface area contributed by atoms with Gasteiger partial charge in [-0.1, -0.05) is 46.3 Å². The number of rotatable bonds is 4. The average Bonchev–Trinajstić information content (AvgIpc) is 2.39. The molecule has 0 saturated carbocycles. The lowest BCUT2D eigenvalue weighted by Crippen LogP contribution is -2.23. The van der Waals surface area contributed by atoms with Crippen molar-refractivity contribution in [2.24, 2.45) is 0 Å². The van der Waals surface area contributed by atoms with Gasteiger partial charge < -0.3 is 5.11 Å². The molecule has 0 aliphatic carbocycles. The van der Waals surface area contributed by atoms with E-state index >= 15 is 0 Å². The van der Waals surface area contributed by atoms with E-state index in [4.69, 9.17) is 4.84 Å². The minimum absolute atomic E-state index is 0.102. The standard InChI is InChI=1S/C14H12BrNO3/c15-11-6-7-12(13(17)8-11)14(18)16-19-9-10-4-2-1-3-5-10/h1-8,17H,9H2,(H,16,18). The summed E-state index contributed by atoms with van der Waals surface area (Å²) >= 11 is 3.21. The van der Waals surface area contributed by atoms with Crippen LogP contribution in [-0.2, 0) is 11.4 Å². The zero-order chi connectivity index (χ0) is 13.7. The number of hydroxylamine groups is 1. The summed E-state index contributed by atoms with van der Waals surface area (Å²) in [5.74, 6) is -0.587. The van der Waals surface area contributed by atoms with E-state index in [1.807, 2.05) is 30.3 Å². The number of phenolic OH excluding ortho intramolecular Hbond substituents is 1. The van der Waals surface area contributed by atoms with Crippen LogP contribution in [0.3, 0.4) is 0 Å². The lowest BCUT2D eigenvalue weighted by molar-refractivity contribution is 0.0231. The maximum Gasteiger partial charge on any atom is 0.278 e. The van der Waals surface area contributed by atoms with Crippen molar-refractivity contribution in [3.8, 4) is 5.75 Å². The second kappa shape index (κ2) is 6.36. The molecule has 0 aliphatic rings. The Morgan fingerprint density at radius 3 is 2.63 bits per heavy atom. The molecule has 0 saturated heterocycles. The number of phenols is 1. The first-order valence-electron chi connectivity index (χ1n) is 5.61. The molecule has 1 amide bonds. The first-order valence-corrected chi connectivity index (χ1v) is 6.40. The summed E-state index contributed by atoms with van der Waals surface area (Å²) < 4.78 is 0.701. The summed E-state index contributed by atoms with van der Waals surface area (Å²) in [6.07, 6.45) is 0. The van der Waals surface area contributed by atoms with Gasteiger partial charge in [0.05, 0.1) is 12.2 Å². The Balaban J connectivity index is 1.91. The molecule has 0 spiro atoms. The SMILES string of the molecule is O=C(NOCc1ccccc1)c1ccc(Br)cc1O. The van der Waals surface area contributed by atoms with Crippen LogP contribution in [0.2, 0.25) is 0 Å². The van der Waals surface area contributed by atoms with Crippen LogP contribution < -0.4 is 5.48 Å². The molecule has 2 aromatic carbocycles. The minimum Gasteiger partial charge on any atom is -0.507 e. The Kier molecular flexibility index (Phi) is 4.54. The van der Waals surface area contributed by atoms with E-state index in [-0.39, 0.29) is 17.9 Å². The molecule has 0 heterocycles. The lowest BCUT2D eigenvalue weighted by atomic mass is 10.2. The van der Waals surface area contributed by atoms with Crippen LogP contribution in [0.4, 0.5) is 0 Å². The zero-order valence-electron chi connectivity index (χ0n) is 9.97. The van der Waals surface area contributed by atoms with Gasteiger partial charge in [-0.3, -0.25) is 9.63 Å². The smallest absolute Gasteiger partial charge is 0.278 e. The molecule has 0 radical (unpaired) electrons. The summed E-state index contributed by atoms with van der Waals surface area (Å²) in [6.45, 7) is 0.268. The Morgan fingerprint density at radius 2 is 1.95 bits per heavy atom. The molecule has 0 unspecified atom stereocenters. The predicted molar refractivity (Wildman–Crippen MR) is 74.5 cm³/mol. The van der Waals surface area contributed by atoms with E-state index in [2.05, 4.69) is 21.4 Å². The Morgan fingerprint density at radius 1 is 1.21 bits per heavy atom. The number of hydrogen-bond donors (Lipinski definition) is 2. The van der Waals surface area contributed by atoms with Crippen molar-refractivity contribution in [1.29, 1.82) is 0 Å². The van der Waals surface area contributed by atoms with Crippen molar-refractivity contribution in [2.75, 3.05) is 0 Å². The number of hydrogen-bond acceptors (Lipinski definition) is 3. The summed E-state index contributed by atoms with van der Waals surface area (Å²) in [7, 11) is 0. The van der Waals surface area contributed by atoms with E-state index in [1.54, 1.807) is 6.07 Å². The van der Waals surface area contributed by atoms with Crippen LogP contribution in [0, 0.1) is 0 Å². The third-order valence-electron chi connectivity index (χ3n) is 2.45. The zero-order valence-corrected chi connectivity index (χ0v) is 11.6. The second-order valence-electron chi connectivity index (χ2n) is 3.87. The van der Waals surface area contributed by atoms with E-state index in [0.717, 1.165) is 5.56 Å². The number of aromatic hydroxyl groups is 1. The third kappa shape index (κ3) is 3.81. The largest absolute Gasteiger partial charge is 0.507 e. The average molecular weight is 322 g/mol. The van der Waals surface area contributed by atoms with Gasteiger partial charge >= 0.3 is 0 Å². The third-order valence-corrected chi connectivity index (χ3v) is 2.94. The number of carbonyl (C=O) groups excluding carboxylic acids is 1. The van der Waals surface area contributed by atoms with E-state index < -0.39 is 5.91 Å². The molecule has 0 atom stereocenters. The van der Waals surface area contributed by atoms with Crippen molar-refractivity contribution < 1.29 is 14.7 Å². The quantitative estimate of drug-likeness (QED) is 0.851. The van der Waals surface area contributed by atoms with Gasteiger partial charge in [0.15, 0.2) is 0 Å². The number of nitrogens with one attached hydrogen (secondary N) is 1. The highest BCUT2D eigenvalue weighted by Crippen LogP contribution is 2.22. The number of carbonyl (C=O) groups is 1. The molecule has 2 aromatic rings. The van der Waals surface area contributed by atoms with E-state index in [9.17, 15) is 9.90 Å². The van der Waals surface area contributed by atoms with Gasteiger partial charge in [-0.15, -0.1) is 0 Å². The highest BCUT2D eigenvalue weighted by atomic mass is 79.9. The summed E-state index contributed by atoms with van der Waals surface area (Å²) in [5, 5.41) is 9.63. The molecule has 98 valence electrons. The topological polar surface area (TPSA) is 58.6 Å². The van der Waals surface area contributed by atoms with Crippen LogP contribution in [0.1, 0.15) is 15.9 Å². The van der Waals surface area contributed by atoms with E-state index in [0.29, 0.717) is 4.47 Å². The maximum atomic E-state index is 11.8. The normalized spacial score (nSPS) is 10.2. The Bertz CT molecular complexity index is 572. The molecule has 0 bridgehead atoms. The van der Waals surface area contributed by atoms with Crippen molar-refractivity contribution in [3.05, 3.63) is 64.1 Å². The van der Waals surface area contributed by atoms with Gasteiger partial charge in [0.2, 0.25) is 0 Å². The van der Waals surface area contributed by atoms with Gasteiger partial charge in [0, 0.05) is 4.47 Å². The highest BCUT2D eigenvalue weighted by molar-refractivity contribution is 9.10. The van der Waals surface area contributed by atoms with Crippen molar-refractivity contribution >= 4 is 21.8 Å². The second-order valence-corrected chi connectivity index (χ2v) is 4.78. The Labute approximate surface area is 119 Å². The van der Waals surface area contributed by atoms with Crippen molar-refractivity contribution in [2.45, 2.75) is 6.61 Å². The first-order chi connectivity index (χ1) is 9.16. The number of halogens is 1. The molecule has 5 heteroatoms. The van der Waals surface area contributed by atoms with Crippen molar-refractivity contribution in [1.82, 2.24) is 5.48 Å². The molecule has 2 rings (SSSR count). The van der Waals surface area contributed by atoms with Gasteiger partial charge in [0.1, 0.15) is 5.75 Å². The molecular formula is C14H12BrNO3. The summed E-state index contributed by atoms with van der Waals surface area (Å²) in [5.41, 5.74) is 3.40. The predicted octanol–water partition coefficient (Wildman–Crippen LogP) is 3.02. The minimum atomic E-state index is -0.485.